The molecule has 0 fully saturated rings. The second kappa shape index (κ2) is 8.18. The molecule has 1 N–H and O–H groups in total. The van der Waals surface area contributed by atoms with Crippen LogP contribution in [0, 0.1) is 0 Å². The molecule has 27 heavy (non-hydrogen) atoms. The number of anilines is 3. The smallest absolute Gasteiger partial charge is 0.274 e. The van der Waals surface area contributed by atoms with Gasteiger partial charge in [-0.2, -0.15) is 0 Å². The van der Waals surface area contributed by atoms with Crippen LogP contribution in [0.25, 0.3) is 0 Å². The first-order chi connectivity index (χ1) is 13.1. The van der Waals surface area contributed by atoms with E-state index < -0.39 is 0 Å². The maximum absolute atomic E-state index is 12.7. The number of benzene rings is 2. The molecule has 0 aliphatic heterocycles. The van der Waals surface area contributed by atoms with Crippen LogP contribution in [0.3, 0.4) is 0 Å². The average Bonchev–Trinajstić information content (AvgIpc) is 2.73. The molecule has 0 saturated carbocycles. The van der Waals surface area contributed by atoms with Crippen LogP contribution < -0.4 is 19.7 Å². The van der Waals surface area contributed by atoms with Crippen molar-refractivity contribution >= 4 is 23.1 Å². The van der Waals surface area contributed by atoms with Gasteiger partial charge in [-0.15, -0.1) is 0 Å². The number of nitrogens with one attached hydrogen (secondary N) is 1. The van der Waals surface area contributed by atoms with Gasteiger partial charge in [0.1, 0.15) is 29.3 Å². The molecule has 1 heterocycles. The molecule has 0 spiro atoms. The molecule has 7 heteroatoms. The van der Waals surface area contributed by atoms with Gasteiger partial charge in [-0.05, 0) is 24.3 Å². The number of nitrogens with zero attached hydrogens (tertiary/aromatic N) is 3. The van der Waals surface area contributed by atoms with E-state index in [0.29, 0.717) is 23.0 Å². The monoisotopic (exact) mass is 364 g/mol. The van der Waals surface area contributed by atoms with Gasteiger partial charge in [0.2, 0.25) is 0 Å². The van der Waals surface area contributed by atoms with Gasteiger partial charge in [0.15, 0.2) is 0 Å². The first-order valence-corrected chi connectivity index (χ1v) is 8.26. The van der Waals surface area contributed by atoms with Gasteiger partial charge < -0.3 is 19.7 Å². The number of carbonyl (C=O) groups is 1. The minimum absolute atomic E-state index is 0.243. The Morgan fingerprint density at radius 2 is 1.78 bits per heavy atom. The Morgan fingerprint density at radius 1 is 1.00 bits per heavy atom. The quantitative estimate of drug-likeness (QED) is 0.721. The predicted molar refractivity (Wildman–Crippen MR) is 104 cm³/mol. The molecular weight excluding hydrogens is 344 g/mol. The normalized spacial score (nSPS) is 10.2. The molecule has 7 nitrogen and oxygen atoms in total. The first kappa shape index (κ1) is 18.2. The van der Waals surface area contributed by atoms with E-state index in [1.54, 1.807) is 31.4 Å². The van der Waals surface area contributed by atoms with Crippen LogP contribution in [-0.2, 0) is 0 Å². The Hall–Kier alpha value is -3.61. The second-order valence-electron chi connectivity index (χ2n) is 5.68. The van der Waals surface area contributed by atoms with Crippen molar-refractivity contribution in [3.8, 4) is 11.5 Å². The van der Waals surface area contributed by atoms with Crippen molar-refractivity contribution in [3.05, 3.63) is 66.6 Å². The summed E-state index contributed by atoms with van der Waals surface area (Å²) in [5, 5.41) is 2.81. The number of carbonyl (C=O) groups excluding carboxylic acids is 1. The van der Waals surface area contributed by atoms with Gasteiger partial charge in [0.25, 0.3) is 5.91 Å². The Bertz CT molecular complexity index is 932. The molecule has 0 unspecified atom stereocenters. The predicted octanol–water partition coefficient (Wildman–Crippen LogP) is 3.51. The molecule has 3 aromatic rings. The summed E-state index contributed by atoms with van der Waals surface area (Å²) in [6.07, 6.45) is 1.37. The summed E-state index contributed by atoms with van der Waals surface area (Å²) in [6.45, 7) is 0. The Kier molecular flexibility index (Phi) is 5.51. The molecule has 0 saturated heterocycles. The molecule has 1 aromatic heterocycles. The second-order valence-corrected chi connectivity index (χ2v) is 5.68. The number of rotatable bonds is 6. The van der Waals surface area contributed by atoms with Crippen LogP contribution in [0.4, 0.5) is 17.2 Å². The van der Waals surface area contributed by atoms with Crippen LogP contribution in [0.2, 0.25) is 0 Å². The first-order valence-electron chi connectivity index (χ1n) is 8.26. The molecule has 0 radical (unpaired) electrons. The summed E-state index contributed by atoms with van der Waals surface area (Å²) in [7, 11) is 4.98. The average molecular weight is 364 g/mol. The van der Waals surface area contributed by atoms with Gasteiger partial charge in [-0.3, -0.25) is 4.79 Å². The summed E-state index contributed by atoms with van der Waals surface area (Å²) in [4.78, 5) is 22.9. The lowest BCUT2D eigenvalue weighted by Crippen LogP contribution is -2.17. The molecule has 3 rings (SSSR count). The van der Waals surface area contributed by atoms with E-state index in [1.165, 1.54) is 13.4 Å². The zero-order valence-electron chi connectivity index (χ0n) is 15.3. The highest BCUT2D eigenvalue weighted by Gasteiger charge is 2.14. The maximum atomic E-state index is 12.7. The van der Waals surface area contributed by atoms with E-state index in [9.17, 15) is 4.79 Å². The van der Waals surface area contributed by atoms with Crippen molar-refractivity contribution in [2.24, 2.45) is 0 Å². The van der Waals surface area contributed by atoms with E-state index >= 15 is 0 Å². The van der Waals surface area contributed by atoms with E-state index in [2.05, 4.69) is 15.3 Å². The Labute approximate surface area is 157 Å². The standard InChI is InChI=1S/C20H20N4O3/c1-24(14-7-5-4-6-8-14)19-12-17(21-13-22-19)20(25)23-16-11-15(26-2)9-10-18(16)27-3/h4-13H,1-3H3,(H,23,25). The largest absolute Gasteiger partial charge is 0.497 e. The third-order valence-electron chi connectivity index (χ3n) is 4.03. The third kappa shape index (κ3) is 4.14. The Balaban J connectivity index is 1.84. The van der Waals surface area contributed by atoms with Crippen molar-refractivity contribution in [2.75, 3.05) is 31.5 Å². The van der Waals surface area contributed by atoms with Crippen LogP contribution in [0.5, 0.6) is 11.5 Å². The fourth-order valence-corrected chi connectivity index (χ4v) is 2.54. The van der Waals surface area contributed by atoms with Crippen molar-refractivity contribution < 1.29 is 14.3 Å². The summed E-state index contributed by atoms with van der Waals surface area (Å²) >= 11 is 0. The number of methoxy groups -OCH3 is 2. The number of hydrogen-bond acceptors (Lipinski definition) is 6. The van der Waals surface area contributed by atoms with Crippen LogP contribution in [0.15, 0.2) is 60.9 Å². The third-order valence-corrected chi connectivity index (χ3v) is 4.03. The van der Waals surface area contributed by atoms with E-state index in [1.807, 2.05) is 42.3 Å². The number of ether oxygens (including phenoxy) is 2. The van der Waals surface area contributed by atoms with Crippen LogP contribution in [-0.4, -0.2) is 37.1 Å². The van der Waals surface area contributed by atoms with Gasteiger partial charge in [-0.25, -0.2) is 9.97 Å². The van der Waals surface area contributed by atoms with Crippen LogP contribution >= 0.6 is 0 Å². The van der Waals surface area contributed by atoms with Crippen molar-refractivity contribution in [1.82, 2.24) is 9.97 Å². The summed E-state index contributed by atoms with van der Waals surface area (Å²) < 4.78 is 10.5. The number of hydrogen-bond donors (Lipinski definition) is 1. The topological polar surface area (TPSA) is 76.6 Å². The summed E-state index contributed by atoms with van der Waals surface area (Å²) in [6, 6.07) is 16.5. The van der Waals surface area contributed by atoms with Gasteiger partial charge in [-0.1, -0.05) is 18.2 Å². The molecule has 0 aliphatic carbocycles. The maximum Gasteiger partial charge on any atom is 0.274 e. The highest BCUT2D eigenvalue weighted by Crippen LogP contribution is 2.29. The van der Waals surface area contributed by atoms with Gasteiger partial charge in [0, 0.05) is 24.9 Å². The SMILES string of the molecule is COc1ccc(OC)c(NC(=O)c2cc(N(C)c3ccccc3)ncn2)c1. The summed E-state index contributed by atoms with van der Waals surface area (Å²) in [5.41, 5.74) is 1.70. The van der Waals surface area contributed by atoms with Gasteiger partial charge >= 0.3 is 0 Å². The van der Waals surface area contributed by atoms with Crippen molar-refractivity contribution in [3.63, 3.8) is 0 Å². The zero-order chi connectivity index (χ0) is 19.2. The number of para-hydroxylation sites is 1. The number of amides is 1. The van der Waals surface area contributed by atoms with Crippen LogP contribution in [0.1, 0.15) is 10.5 Å². The lowest BCUT2D eigenvalue weighted by Gasteiger charge is -2.18. The van der Waals surface area contributed by atoms with E-state index in [-0.39, 0.29) is 11.6 Å². The molecular formula is C20H20N4O3. The fourth-order valence-electron chi connectivity index (χ4n) is 2.54. The van der Waals surface area contributed by atoms with Gasteiger partial charge in [0.05, 0.1) is 19.9 Å². The molecule has 0 atom stereocenters. The Morgan fingerprint density at radius 3 is 2.48 bits per heavy atom. The molecule has 2 aromatic carbocycles. The number of aromatic nitrogens is 2. The van der Waals surface area contributed by atoms with Crippen molar-refractivity contribution in [2.45, 2.75) is 0 Å². The minimum atomic E-state index is -0.369. The fraction of sp³-hybridized carbons (Fsp3) is 0.150. The summed E-state index contributed by atoms with van der Waals surface area (Å²) in [5.74, 6) is 1.38. The lowest BCUT2D eigenvalue weighted by atomic mass is 10.2. The molecule has 138 valence electrons. The highest BCUT2D eigenvalue weighted by molar-refractivity contribution is 6.04. The van der Waals surface area contributed by atoms with Crippen molar-refractivity contribution in [1.29, 1.82) is 0 Å². The lowest BCUT2D eigenvalue weighted by molar-refractivity contribution is 0.102. The van der Waals surface area contributed by atoms with E-state index in [0.717, 1.165) is 5.69 Å². The molecule has 1 amide bonds. The minimum Gasteiger partial charge on any atom is -0.497 e. The molecule has 0 bridgehead atoms. The highest BCUT2D eigenvalue weighted by atomic mass is 16.5. The zero-order valence-corrected chi connectivity index (χ0v) is 15.3. The van der Waals surface area contributed by atoms with E-state index in [4.69, 9.17) is 9.47 Å². The molecule has 0 aliphatic rings.